The Morgan fingerprint density at radius 3 is 2.31 bits per heavy atom. The molecule has 0 unspecified atom stereocenters. The number of benzene rings is 1. The summed E-state index contributed by atoms with van der Waals surface area (Å²) in [5, 5.41) is 27.0. The van der Waals surface area contributed by atoms with Gasteiger partial charge in [-0.15, -0.1) is 11.3 Å². The average Bonchev–Trinajstić information content (AvgIpc) is 3.01. The first-order valence-electron chi connectivity index (χ1n) is 7.70. The van der Waals surface area contributed by atoms with Crippen LogP contribution in [0.2, 0.25) is 5.15 Å². The first kappa shape index (κ1) is 18.4. The quantitative estimate of drug-likeness (QED) is 0.292. The van der Waals surface area contributed by atoms with Crippen LogP contribution in [0.15, 0.2) is 24.3 Å². The van der Waals surface area contributed by atoms with E-state index < -0.39 is 0 Å². The number of aromatic nitrogens is 1. The molecule has 0 amide bonds. The molecule has 3 aromatic rings. The number of hydroxylamine groups is 1. The van der Waals surface area contributed by atoms with Crippen LogP contribution in [0, 0.1) is 24.4 Å². The van der Waals surface area contributed by atoms with Crippen molar-refractivity contribution in [3.8, 4) is 28.0 Å². The van der Waals surface area contributed by atoms with Crippen LogP contribution in [0.25, 0.3) is 22.3 Å². The number of nitrogens with one attached hydrogen (secondary N) is 2. The van der Waals surface area contributed by atoms with Gasteiger partial charge in [0.15, 0.2) is 11.0 Å². The molecule has 0 saturated heterocycles. The fourth-order valence-corrected chi connectivity index (χ4v) is 4.29. The lowest BCUT2D eigenvalue weighted by Gasteiger charge is -2.11. The van der Waals surface area contributed by atoms with Crippen LogP contribution in [0.1, 0.15) is 16.1 Å². The summed E-state index contributed by atoms with van der Waals surface area (Å²) in [6.07, 6.45) is 0. The highest BCUT2D eigenvalue weighted by Gasteiger charge is 2.28. The maximum atomic E-state index is 14.2. The van der Waals surface area contributed by atoms with Gasteiger partial charge in [-0.1, -0.05) is 23.7 Å². The highest BCUT2D eigenvalue weighted by Crippen LogP contribution is 2.46. The maximum absolute atomic E-state index is 14.2. The molecule has 4 N–H and O–H groups in total. The van der Waals surface area contributed by atoms with Crippen molar-refractivity contribution in [3.63, 3.8) is 0 Å². The van der Waals surface area contributed by atoms with E-state index in [1.807, 2.05) is 5.48 Å². The van der Waals surface area contributed by atoms with E-state index in [4.69, 9.17) is 17.0 Å². The highest BCUT2D eigenvalue weighted by molar-refractivity contribution is 7.11. The monoisotopic (exact) mass is 393 g/mol. The summed E-state index contributed by atoms with van der Waals surface area (Å²) in [5.41, 5.74) is 5.17. The smallest absolute Gasteiger partial charge is 0.180 e. The van der Waals surface area contributed by atoms with Crippen molar-refractivity contribution in [1.82, 2.24) is 10.0 Å². The Morgan fingerprint density at radius 2 is 1.81 bits per heavy atom. The fourth-order valence-electron chi connectivity index (χ4n) is 3.12. The average molecular weight is 394 g/mol. The number of rotatable bonds is 3. The number of hydrogen-bond donors (Lipinski definition) is 4. The van der Waals surface area contributed by atoms with E-state index in [0.717, 1.165) is 16.2 Å². The van der Waals surface area contributed by atoms with Gasteiger partial charge in [-0.25, -0.2) is 0 Å². The van der Waals surface area contributed by atoms with E-state index in [9.17, 15) is 14.7 Å². The number of amidine groups is 1. The van der Waals surface area contributed by atoms with Gasteiger partial charge in [0.2, 0.25) is 0 Å². The van der Waals surface area contributed by atoms with Crippen LogP contribution in [-0.4, -0.2) is 20.7 Å². The molecule has 0 atom stereocenters. The predicted octanol–water partition coefficient (Wildman–Crippen LogP) is 4.84. The maximum Gasteiger partial charge on any atom is 0.180 e. The van der Waals surface area contributed by atoms with Crippen LogP contribution in [0.4, 0.5) is 4.39 Å². The van der Waals surface area contributed by atoms with Crippen molar-refractivity contribution < 1.29 is 14.7 Å². The Balaban J connectivity index is 2.45. The normalized spacial score (nSPS) is 11.0. The van der Waals surface area contributed by atoms with Gasteiger partial charge in [-0.05, 0) is 31.5 Å². The van der Waals surface area contributed by atoms with Crippen LogP contribution in [0.3, 0.4) is 0 Å². The van der Waals surface area contributed by atoms with Crippen LogP contribution in [-0.2, 0) is 7.05 Å². The Kier molecular flexibility index (Phi) is 4.79. The second-order valence-corrected chi connectivity index (χ2v) is 7.45. The summed E-state index contributed by atoms with van der Waals surface area (Å²) in [7, 11) is 1.67. The summed E-state index contributed by atoms with van der Waals surface area (Å²) >= 11 is 7.59. The Bertz CT molecular complexity index is 1010. The molecule has 2 heterocycles. The minimum Gasteiger partial charge on any atom is -0.508 e. The molecule has 0 spiro atoms. The Morgan fingerprint density at radius 1 is 1.19 bits per heavy atom. The zero-order valence-electron chi connectivity index (χ0n) is 14.3. The number of phenolic OH excluding ortho intramolecular Hbond substituents is 1. The van der Waals surface area contributed by atoms with Gasteiger partial charge in [-0.2, -0.15) is 4.39 Å². The predicted molar refractivity (Wildman–Crippen MR) is 102 cm³/mol. The third-order valence-electron chi connectivity index (χ3n) is 4.34. The molecule has 0 fully saturated rings. The topological polar surface area (TPSA) is 81.3 Å². The van der Waals surface area contributed by atoms with E-state index in [-0.39, 0.29) is 16.7 Å². The van der Waals surface area contributed by atoms with Crippen LogP contribution in [0.5, 0.6) is 5.75 Å². The number of phenols is 1. The van der Waals surface area contributed by atoms with Gasteiger partial charge in [0.25, 0.3) is 0 Å². The summed E-state index contributed by atoms with van der Waals surface area (Å²) in [6, 6.07) is 6.47. The van der Waals surface area contributed by atoms with Gasteiger partial charge in [0.05, 0.1) is 5.69 Å². The second kappa shape index (κ2) is 6.75. The highest BCUT2D eigenvalue weighted by atomic mass is 35.5. The lowest BCUT2D eigenvalue weighted by atomic mass is 9.94. The SMILES string of the molecule is Cc1sc(F)c(C)c1-c1c(-c2ccc(O)cc2)c(Cl)n(C)c1C(=N)NO. The molecule has 0 aliphatic carbocycles. The number of nitrogens with zero attached hydrogens (tertiary/aromatic N) is 1. The van der Waals surface area contributed by atoms with Crippen molar-refractivity contribution in [2.45, 2.75) is 13.8 Å². The second-order valence-electron chi connectivity index (χ2n) is 5.91. The first-order valence-corrected chi connectivity index (χ1v) is 8.89. The molecule has 3 rings (SSSR count). The van der Waals surface area contributed by atoms with Gasteiger partial charge in [0.1, 0.15) is 10.9 Å². The molecule has 0 saturated carbocycles. The molecule has 0 aliphatic rings. The molecular formula is C18H17ClFN3O2S. The number of aromatic hydroxyl groups is 1. The van der Waals surface area contributed by atoms with Crippen LogP contribution >= 0.6 is 22.9 Å². The lowest BCUT2D eigenvalue weighted by Crippen LogP contribution is -2.22. The standard InChI is InChI=1S/C18H17ClFN3O2S/c1-8-12(9(2)26-17(8)20)14-13(10-4-6-11(24)7-5-10)16(19)23(3)15(14)18(21)22-25/h4-7,24-25H,1-3H3,(H2,21,22). The third-order valence-corrected chi connectivity index (χ3v) is 5.78. The molecule has 2 aromatic heterocycles. The van der Waals surface area contributed by atoms with Crippen molar-refractivity contribution in [1.29, 1.82) is 5.41 Å². The number of aryl methyl sites for hydroxylation is 1. The minimum atomic E-state index is -0.302. The molecule has 0 aliphatic heterocycles. The van der Waals surface area contributed by atoms with E-state index >= 15 is 0 Å². The summed E-state index contributed by atoms with van der Waals surface area (Å²) in [4.78, 5) is 0.745. The summed E-state index contributed by atoms with van der Waals surface area (Å²) in [6.45, 7) is 3.48. The van der Waals surface area contributed by atoms with Gasteiger partial charge < -0.3 is 9.67 Å². The third kappa shape index (κ3) is 2.78. The van der Waals surface area contributed by atoms with Gasteiger partial charge in [-0.3, -0.25) is 16.1 Å². The molecule has 5 nitrogen and oxygen atoms in total. The molecule has 8 heteroatoms. The zero-order chi connectivity index (χ0) is 19.2. The van der Waals surface area contributed by atoms with E-state index in [1.165, 1.54) is 12.1 Å². The van der Waals surface area contributed by atoms with Crippen LogP contribution < -0.4 is 5.48 Å². The molecule has 136 valence electrons. The Labute approximate surface area is 158 Å². The van der Waals surface area contributed by atoms with Gasteiger partial charge in [0, 0.05) is 34.2 Å². The molecule has 0 bridgehead atoms. The fraction of sp³-hybridized carbons (Fsp3) is 0.167. The molecule has 26 heavy (non-hydrogen) atoms. The van der Waals surface area contributed by atoms with Crippen molar-refractivity contribution in [2.75, 3.05) is 0 Å². The molecule has 1 aromatic carbocycles. The first-order chi connectivity index (χ1) is 12.3. The zero-order valence-corrected chi connectivity index (χ0v) is 15.9. The van der Waals surface area contributed by atoms with Crippen molar-refractivity contribution in [2.24, 2.45) is 7.05 Å². The largest absolute Gasteiger partial charge is 0.508 e. The van der Waals surface area contributed by atoms with E-state index in [0.29, 0.717) is 38.7 Å². The number of thiophene rings is 1. The van der Waals surface area contributed by atoms with E-state index in [2.05, 4.69) is 0 Å². The van der Waals surface area contributed by atoms with Crippen molar-refractivity contribution >= 4 is 28.8 Å². The Hall–Kier alpha value is -2.35. The van der Waals surface area contributed by atoms with Gasteiger partial charge >= 0.3 is 0 Å². The molecule has 0 radical (unpaired) electrons. The summed E-state index contributed by atoms with van der Waals surface area (Å²) < 4.78 is 15.8. The van der Waals surface area contributed by atoms with Crippen molar-refractivity contribution in [3.05, 3.63) is 50.7 Å². The number of hydrogen-bond acceptors (Lipinski definition) is 4. The minimum absolute atomic E-state index is 0.112. The number of halogens is 2. The summed E-state index contributed by atoms with van der Waals surface area (Å²) in [5.74, 6) is -0.138. The molecular weight excluding hydrogens is 377 g/mol. The lowest BCUT2D eigenvalue weighted by molar-refractivity contribution is 0.233. The van der Waals surface area contributed by atoms with E-state index in [1.54, 1.807) is 37.6 Å².